The molecular formula is C13H17ClN2O5. The minimum Gasteiger partial charge on any atom is -0.493 e. The lowest BCUT2D eigenvalue weighted by Gasteiger charge is -2.13. The van der Waals surface area contributed by atoms with E-state index in [0.29, 0.717) is 12.3 Å². The second-order valence-electron chi connectivity index (χ2n) is 4.04. The van der Waals surface area contributed by atoms with Crippen LogP contribution in [0.3, 0.4) is 0 Å². The Morgan fingerprint density at radius 2 is 2.05 bits per heavy atom. The van der Waals surface area contributed by atoms with Crippen LogP contribution in [0.4, 0.5) is 0 Å². The first-order valence-corrected chi connectivity index (χ1v) is 6.40. The molecule has 0 bridgehead atoms. The number of carbonyl (C=O) groups is 2. The summed E-state index contributed by atoms with van der Waals surface area (Å²) in [6, 6.07) is 3.33. The number of nitrogens with one attached hydrogen (secondary N) is 1. The third-order valence-electron chi connectivity index (χ3n) is 2.47. The summed E-state index contributed by atoms with van der Waals surface area (Å²) >= 11 is 6.09. The fraction of sp³-hybridized carbons (Fsp3) is 0.385. The topological polar surface area (TPSA) is 99.9 Å². The standard InChI is InChI=1S/C13H17ClN2O5/c1-19-10-4-8(5-16-6-12(18)20-2)3-9(14)13(10)21-7-11(15)17/h3-4,16H,5-7H2,1-2H3,(H2,15,17). The lowest BCUT2D eigenvalue weighted by Crippen LogP contribution is -2.23. The van der Waals surface area contributed by atoms with Crippen LogP contribution >= 0.6 is 11.6 Å². The van der Waals surface area contributed by atoms with E-state index < -0.39 is 5.91 Å². The predicted molar refractivity (Wildman–Crippen MR) is 76.4 cm³/mol. The molecule has 3 N–H and O–H groups in total. The Hall–Kier alpha value is -1.99. The maximum atomic E-state index is 11.0. The van der Waals surface area contributed by atoms with Gasteiger partial charge in [0, 0.05) is 6.54 Å². The molecule has 0 aliphatic rings. The molecule has 0 aromatic heterocycles. The first kappa shape index (κ1) is 17.1. The summed E-state index contributed by atoms with van der Waals surface area (Å²) in [6.45, 7) is 0.174. The zero-order valence-corrected chi connectivity index (χ0v) is 12.5. The van der Waals surface area contributed by atoms with Crippen molar-refractivity contribution in [2.75, 3.05) is 27.4 Å². The molecule has 116 valence electrons. The average molecular weight is 317 g/mol. The van der Waals surface area contributed by atoms with Gasteiger partial charge in [-0.25, -0.2) is 0 Å². The van der Waals surface area contributed by atoms with Crippen LogP contribution in [0.15, 0.2) is 12.1 Å². The van der Waals surface area contributed by atoms with Crippen LogP contribution in [-0.2, 0) is 20.9 Å². The molecule has 1 rings (SSSR count). The van der Waals surface area contributed by atoms with Crippen LogP contribution in [0.1, 0.15) is 5.56 Å². The number of rotatable bonds is 8. The lowest BCUT2D eigenvalue weighted by atomic mass is 10.2. The number of methoxy groups -OCH3 is 2. The Morgan fingerprint density at radius 3 is 2.62 bits per heavy atom. The molecule has 0 aliphatic heterocycles. The minimum atomic E-state index is -0.614. The highest BCUT2D eigenvalue weighted by atomic mass is 35.5. The van der Waals surface area contributed by atoms with Crippen LogP contribution in [0, 0.1) is 0 Å². The molecule has 0 aliphatic carbocycles. The number of amides is 1. The summed E-state index contributed by atoms with van der Waals surface area (Å²) < 4.78 is 14.9. The van der Waals surface area contributed by atoms with Gasteiger partial charge < -0.3 is 25.3 Å². The summed E-state index contributed by atoms with van der Waals surface area (Å²) in [4.78, 5) is 21.7. The van der Waals surface area contributed by atoms with E-state index in [2.05, 4.69) is 10.1 Å². The van der Waals surface area contributed by atoms with E-state index in [4.69, 9.17) is 26.8 Å². The zero-order chi connectivity index (χ0) is 15.8. The van der Waals surface area contributed by atoms with Gasteiger partial charge in [-0.3, -0.25) is 9.59 Å². The molecule has 0 saturated carbocycles. The van der Waals surface area contributed by atoms with Crippen LogP contribution in [-0.4, -0.2) is 39.2 Å². The number of hydrogen-bond donors (Lipinski definition) is 2. The monoisotopic (exact) mass is 316 g/mol. The van der Waals surface area contributed by atoms with E-state index in [-0.39, 0.29) is 29.9 Å². The van der Waals surface area contributed by atoms with E-state index in [1.807, 2.05) is 0 Å². The van der Waals surface area contributed by atoms with Crippen LogP contribution < -0.4 is 20.5 Å². The van der Waals surface area contributed by atoms with Crippen molar-refractivity contribution in [2.45, 2.75) is 6.54 Å². The molecule has 0 saturated heterocycles. The molecule has 0 fully saturated rings. The minimum absolute atomic E-state index is 0.0797. The number of primary amides is 1. The van der Waals surface area contributed by atoms with Gasteiger partial charge in [0.2, 0.25) is 0 Å². The highest BCUT2D eigenvalue weighted by Gasteiger charge is 2.13. The fourth-order valence-corrected chi connectivity index (χ4v) is 1.83. The highest BCUT2D eigenvalue weighted by molar-refractivity contribution is 6.32. The number of halogens is 1. The number of esters is 1. The molecule has 0 atom stereocenters. The number of ether oxygens (including phenoxy) is 3. The van der Waals surface area contributed by atoms with Crippen molar-refractivity contribution in [1.29, 1.82) is 0 Å². The number of benzene rings is 1. The molecule has 1 aromatic carbocycles. The molecule has 0 heterocycles. The average Bonchev–Trinajstić information content (AvgIpc) is 2.45. The largest absolute Gasteiger partial charge is 0.493 e. The molecule has 1 aromatic rings. The van der Waals surface area contributed by atoms with Gasteiger partial charge in [-0.2, -0.15) is 0 Å². The zero-order valence-electron chi connectivity index (χ0n) is 11.8. The van der Waals surface area contributed by atoms with E-state index in [1.165, 1.54) is 14.2 Å². The van der Waals surface area contributed by atoms with Gasteiger partial charge >= 0.3 is 5.97 Å². The summed E-state index contributed by atoms with van der Waals surface area (Å²) in [7, 11) is 2.77. The van der Waals surface area contributed by atoms with Crippen LogP contribution in [0.25, 0.3) is 0 Å². The Morgan fingerprint density at radius 1 is 1.33 bits per heavy atom. The second-order valence-corrected chi connectivity index (χ2v) is 4.45. The van der Waals surface area contributed by atoms with E-state index in [0.717, 1.165) is 5.56 Å². The molecule has 21 heavy (non-hydrogen) atoms. The molecular weight excluding hydrogens is 300 g/mol. The van der Waals surface area contributed by atoms with Crippen LogP contribution in [0.2, 0.25) is 5.02 Å². The van der Waals surface area contributed by atoms with Gasteiger partial charge in [-0.1, -0.05) is 11.6 Å². The Labute approximate surface area is 127 Å². The van der Waals surface area contributed by atoms with E-state index in [1.54, 1.807) is 12.1 Å². The van der Waals surface area contributed by atoms with Crippen molar-refractivity contribution < 1.29 is 23.8 Å². The third-order valence-corrected chi connectivity index (χ3v) is 2.75. The third kappa shape index (κ3) is 5.49. The molecule has 0 spiro atoms. The summed E-state index contributed by atoms with van der Waals surface area (Å²) in [5, 5.41) is 3.18. The van der Waals surface area contributed by atoms with E-state index >= 15 is 0 Å². The molecule has 8 heteroatoms. The maximum Gasteiger partial charge on any atom is 0.319 e. The fourth-order valence-electron chi connectivity index (χ4n) is 1.54. The molecule has 0 unspecified atom stereocenters. The number of carbonyl (C=O) groups excluding carboxylic acids is 2. The number of nitrogens with two attached hydrogens (primary N) is 1. The Bertz CT molecular complexity index is 522. The Kier molecular flexibility index (Phi) is 6.77. The molecule has 0 radical (unpaired) electrons. The SMILES string of the molecule is COC(=O)CNCc1cc(Cl)c(OCC(N)=O)c(OC)c1. The normalized spacial score (nSPS) is 10.0. The van der Waals surface area contributed by atoms with Crippen molar-refractivity contribution >= 4 is 23.5 Å². The van der Waals surface area contributed by atoms with Gasteiger partial charge in [0.25, 0.3) is 5.91 Å². The predicted octanol–water partition coefficient (Wildman–Crippen LogP) is 0.475. The molecule has 7 nitrogen and oxygen atoms in total. The maximum absolute atomic E-state index is 11.0. The van der Waals surface area contributed by atoms with Gasteiger partial charge in [-0.05, 0) is 17.7 Å². The first-order valence-electron chi connectivity index (χ1n) is 6.03. The Balaban J connectivity index is 2.78. The number of hydrogen-bond acceptors (Lipinski definition) is 6. The first-order chi connectivity index (χ1) is 9.97. The lowest BCUT2D eigenvalue weighted by molar-refractivity contribution is -0.139. The van der Waals surface area contributed by atoms with Gasteiger partial charge in [-0.15, -0.1) is 0 Å². The highest BCUT2D eigenvalue weighted by Crippen LogP contribution is 2.36. The van der Waals surface area contributed by atoms with Crippen molar-refractivity contribution in [1.82, 2.24) is 5.32 Å². The molecule has 1 amide bonds. The second kappa shape index (κ2) is 8.33. The van der Waals surface area contributed by atoms with Gasteiger partial charge in [0.15, 0.2) is 18.1 Å². The van der Waals surface area contributed by atoms with Crippen molar-refractivity contribution in [2.24, 2.45) is 5.73 Å². The smallest absolute Gasteiger partial charge is 0.319 e. The van der Waals surface area contributed by atoms with Crippen molar-refractivity contribution in [3.05, 3.63) is 22.7 Å². The van der Waals surface area contributed by atoms with Gasteiger partial charge in [0.05, 0.1) is 25.8 Å². The van der Waals surface area contributed by atoms with Crippen LogP contribution in [0.5, 0.6) is 11.5 Å². The van der Waals surface area contributed by atoms with Gasteiger partial charge in [0.1, 0.15) is 0 Å². The summed E-state index contributed by atoms with van der Waals surface area (Å²) in [5.74, 6) is -0.361. The quantitative estimate of drug-likeness (QED) is 0.676. The van der Waals surface area contributed by atoms with E-state index in [9.17, 15) is 9.59 Å². The summed E-state index contributed by atoms with van der Waals surface area (Å²) in [5.41, 5.74) is 5.80. The van der Waals surface area contributed by atoms with Crippen molar-refractivity contribution in [3.8, 4) is 11.5 Å². The van der Waals surface area contributed by atoms with Crippen molar-refractivity contribution in [3.63, 3.8) is 0 Å². The summed E-state index contributed by atoms with van der Waals surface area (Å²) in [6.07, 6.45) is 0.